The van der Waals surface area contributed by atoms with Gasteiger partial charge in [0.1, 0.15) is 62.7 Å². The Morgan fingerprint density at radius 3 is 0.823 bits per heavy atom. The summed E-state index contributed by atoms with van der Waals surface area (Å²) in [6, 6.07) is 62.0. The third kappa shape index (κ3) is 21.6. The number of carbonyl (C=O) groups is 7. The minimum atomic E-state index is -0.924. The molecule has 0 saturated heterocycles. The summed E-state index contributed by atoms with van der Waals surface area (Å²) in [4.78, 5) is 81.7. The van der Waals surface area contributed by atoms with Crippen LogP contribution in [0.3, 0.4) is 0 Å². The summed E-state index contributed by atoms with van der Waals surface area (Å²) in [5.41, 5.74) is 0.491. The smallest absolute Gasteiger partial charge is 0.465 e. The van der Waals surface area contributed by atoms with Gasteiger partial charge in [0.2, 0.25) is 0 Å². The Hall–Kier alpha value is -10.8. The van der Waals surface area contributed by atoms with Crippen molar-refractivity contribution in [3.63, 3.8) is 0 Å². The zero-order valence-corrected chi connectivity index (χ0v) is 43.0. The van der Waals surface area contributed by atoms with Crippen molar-refractivity contribution < 1.29 is 85.7 Å². The van der Waals surface area contributed by atoms with E-state index in [1.807, 2.05) is 12.1 Å². The third-order valence-electron chi connectivity index (χ3n) is 9.43. The van der Waals surface area contributed by atoms with Gasteiger partial charge in [-0.2, -0.15) is 0 Å². The van der Waals surface area contributed by atoms with Crippen molar-refractivity contribution >= 4 is 42.5 Å². The summed E-state index contributed by atoms with van der Waals surface area (Å²) >= 11 is 0. The number of hydrogen-bond donors (Lipinski definition) is 0. The van der Waals surface area contributed by atoms with Gasteiger partial charge in [0.05, 0.1) is 19.8 Å². The van der Waals surface area contributed by atoms with Gasteiger partial charge in [-0.15, -0.1) is 0 Å². The van der Waals surface area contributed by atoms with Gasteiger partial charge in [-0.05, 0) is 118 Å². The van der Waals surface area contributed by atoms with Crippen molar-refractivity contribution in [2.75, 3.05) is 13.7 Å². The molecular formula is C61H52O18. The average molecular weight is 1070 g/mol. The van der Waals surface area contributed by atoms with Gasteiger partial charge < -0.3 is 52.1 Å². The molecule has 8 aromatic rings. The average Bonchev–Trinajstić information content (AvgIpc) is 3.46. The highest BCUT2D eigenvalue weighted by atomic mass is 16.7. The van der Waals surface area contributed by atoms with Crippen molar-refractivity contribution in [3.05, 3.63) is 241 Å². The molecule has 0 unspecified atom stereocenters. The van der Waals surface area contributed by atoms with Crippen LogP contribution in [0.5, 0.6) is 46.0 Å². The molecule has 0 saturated carbocycles. The molecule has 0 fully saturated rings. The third-order valence-corrected chi connectivity index (χ3v) is 9.43. The lowest BCUT2D eigenvalue weighted by molar-refractivity contribution is 0.0373. The molecule has 0 aliphatic heterocycles. The van der Waals surface area contributed by atoms with Gasteiger partial charge in [-0.1, -0.05) is 127 Å². The fourth-order valence-corrected chi connectivity index (χ4v) is 6.05. The summed E-state index contributed by atoms with van der Waals surface area (Å²) in [5.74, 6) is 0.559. The number of ether oxygens (including phenoxy) is 11. The van der Waals surface area contributed by atoms with E-state index >= 15 is 0 Å². The standard InChI is InChI=1S/C17H16O5.C16H14O5.C15H12O5.C13H10O3/c1-12(2)20-16(18)14-10-6-7-11-15(14)22-17(19)21-13-8-4-3-5-9-13;1-2-19-15(17)13-10-6-7-11-14(13)21-16(18)20-12-8-4-3-5-9-12;1-18-14(16)12-9-5-6-10-13(12)20-15(17)19-11-7-3-2-4-8-11;14-13(15-11-7-3-1-4-8-11)16-12-9-5-2-6-10-12/h3-12H,1-2H3;3-11H,2H2,1H3;2-10H,1H3;1-10H. The highest BCUT2D eigenvalue weighted by molar-refractivity contribution is 5.94. The first-order chi connectivity index (χ1) is 38.3. The lowest BCUT2D eigenvalue weighted by atomic mass is 10.2. The number of benzene rings is 8. The molecule has 79 heavy (non-hydrogen) atoms. The van der Waals surface area contributed by atoms with E-state index < -0.39 is 42.5 Å². The van der Waals surface area contributed by atoms with Crippen LogP contribution in [0.4, 0.5) is 19.2 Å². The van der Waals surface area contributed by atoms with Crippen LogP contribution in [0.25, 0.3) is 0 Å². The fourth-order valence-electron chi connectivity index (χ4n) is 6.05. The summed E-state index contributed by atoms with van der Waals surface area (Å²) in [6.07, 6.45) is -3.77. The summed E-state index contributed by atoms with van der Waals surface area (Å²) in [7, 11) is 1.25. The van der Waals surface area contributed by atoms with E-state index in [1.54, 1.807) is 197 Å². The minimum absolute atomic E-state index is 0.0836. The number of carbonyl (C=O) groups excluding carboxylic acids is 7. The van der Waals surface area contributed by atoms with Crippen LogP contribution in [-0.2, 0) is 14.2 Å². The second-order valence-electron chi connectivity index (χ2n) is 15.5. The van der Waals surface area contributed by atoms with Gasteiger partial charge in [0, 0.05) is 0 Å². The topological polar surface area (TPSA) is 221 Å². The largest absolute Gasteiger partial charge is 0.519 e. The maximum absolute atomic E-state index is 12.0. The molecule has 0 atom stereocenters. The Labute approximate surface area is 454 Å². The molecular weight excluding hydrogens is 1020 g/mol. The normalized spacial score (nSPS) is 9.78. The zero-order chi connectivity index (χ0) is 56.6. The first-order valence-electron chi connectivity index (χ1n) is 23.9. The van der Waals surface area contributed by atoms with Crippen molar-refractivity contribution in [3.8, 4) is 46.0 Å². The number of methoxy groups -OCH3 is 1. The van der Waals surface area contributed by atoms with Crippen molar-refractivity contribution in [1.82, 2.24) is 0 Å². The number of esters is 3. The van der Waals surface area contributed by atoms with E-state index in [9.17, 15) is 33.6 Å². The van der Waals surface area contributed by atoms with Crippen LogP contribution in [-0.4, -0.2) is 62.4 Å². The van der Waals surface area contributed by atoms with E-state index in [4.69, 9.17) is 47.4 Å². The van der Waals surface area contributed by atoms with E-state index in [2.05, 4.69) is 4.74 Å². The van der Waals surface area contributed by atoms with Gasteiger partial charge in [0.25, 0.3) is 0 Å². The highest BCUT2D eigenvalue weighted by Crippen LogP contribution is 2.24. The zero-order valence-electron chi connectivity index (χ0n) is 43.0. The van der Waals surface area contributed by atoms with Gasteiger partial charge in [0.15, 0.2) is 0 Å². The minimum Gasteiger partial charge on any atom is -0.465 e. The van der Waals surface area contributed by atoms with Crippen molar-refractivity contribution in [2.45, 2.75) is 26.9 Å². The Morgan fingerprint density at radius 1 is 0.316 bits per heavy atom. The van der Waals surface area contributed by atoms with Crippen molar-refractivity contribution in [1.29, 1.82) is 0 Å². The van der Waals surface area contributed by atoms with Crippen LogP contribution < -0.4 is 37.9 Å². The lowest BCUT2D eigenvalue weighted by Crippen LogP contribution is -2.17. The lowest BCUT2D eigenvalue weighted by Gasteiger charge is -2.11. The maximum Gasteiger partial charge on any atom is 0.519 e. The highest BCUT2D eigenvalue weighted by Gasteiger charge is 2.20. The molecule has 18 nitrogen and oxygen atoms in total. The van der Waals surface area contributed by atoms with Crippen LogP contribution >= 0.6 is 0 Å². The Balaban J connectivity index is 0.000000195. The molecule has 0 aliphatic carbocycles. The molecule has 0 aliphatic rings. The van der Waals surface area contributed by atoms with Crippen LogP contribution in [0.15, 0.2) is 224 Å². The molecule has 0 bridgehead atoms. The predicted octanol–water partition coefficient (Wildman–Crippen LogP) is 13.6. The van der Waals surface area contributed by atoms with Gasteiger partial charge in [-0.25, -0.2) is 33.6 Å². The molecule has 0 radical (unpaired) electrons. The quantitative estimate of drug-likeness (QED) is 0.0595. The number of rotatable bonds is 13. The SMILES string of the molecule is CC(C)OC(=O)c1ccccc1OC(=O)Oc1ccccc1.CCOC(=O)c1ccccc1OC(=O)Oc1ccccc1.COC(=O)c1ccccc1OC(=O)Oc1ccccc1.O=C(Oc1ccccc1)Oc1ccccc1. The monoisotopic (exact) mass is 1070 g/mol. The maximum atomic E-state index is 12.0. The van der Waals surface area contributed by atoms with Gasteiger partial charge >= 0.3 is 42.5 Å². The van der Waals surface area contributed by atoms with Crippen LogP contribution in [0.1, 0.15) is 51.8 Å². The number of hydrogen-bond acceptors (Lipinski definition) is 18. The predicted molar refractivity (Wildman–Crippen MR) is 286 cm³/mol. The summed E-state index contributed by atoms with van der Waals surface area (Å²) in [5, 5.41) is 0. The fraction of sp³-hybridized carbons (Fsp3) is 0.0984. The molecule has 8 aromatic carbocycles. The molecule has 404 valence electrons. The van der Waals surface area contributed by atoms with E-state index in [1.165, 1.54) is 43.5 Å². The Morgan fingerprint density at radius 2 is 0.557 bits per heavy atom. The first-order valence-corrected chi connectivity index (χ1v) is 23.9. The molecule has 18 heteroatoms. The molecule has 0 N–H and O–H groups in total. The van der Waals surface area contributed by atoms with E-state index in [0.29, 0.717) is 28.7 Å². The van der Waals surface area contributed by atoms with E-state index in [-0.39, 0.29) is 46.6 Å². The first kappa shape index (κ1) is 59.1. The van der Waals surface area contributed by atoms with Crippen molar-refractivity contribution in [2.24, 2.45) is 0 Å². The molecule has 0 amide bonds. The second-order valence-corrected chi connectivity index (χ2v) is 15.5. The van der Waals surface area contributed by atoms with Crippen LogP contribution in [0.2, 0.25) is 0 Å². The summed E-state index contributed by atoms with van der Waals surface area (Å²) < 4.78 is 54.7. The van der Waals surface area contributed by atoms with Gasteiger partial charge in [-0.3, -0.25) is 0 Å². The molecule has 8 rings (SSSR count). The van der Waals surface area contributed by atoms with Crippen LogP contribution in [0, 0.1) is 0 Å². The Kier molecular flexibility index (Phi) is 24.4. The molecule has 0 heterocycles. The molecule has 0 spiro atoms. The molecule has 0 aromatic heterocycles. The Bertz CT molecular complexity index is 3150. The summed E-state index contributed by atoms with van der Waals surface area (Å²) in [6.45, 7) is 5.42. The second kappa shape index (κ2) is 32.5. The number of para-hydroxylation sites is 8. The van der Waals surface area contributed by atoms with E-state index in [0.717, 1.165) is 0 Å².